The number of hydrogen-bond donors (Lipinski definition) is 2. The molecule has 1 aliphatic carbocycles. The van der Waals surface area contributed by atoms with Crippen LogP contribution in [0.25, 0.3) is 0 Å². The Kier molecular flexibility index (Phi) is 5.79. The molecule has 1 aliphatic rings. The highest BCUT2D eigenvalue weighted by Gasteiger charge is 2.33. The van der Waals surface area contributed by atoms with Crippen molar-refractivity contribution in [3.05, 3.63) is 83.7 Å². The second kappa shape index (κ2) is 8.82. The van der Waals surface area contributed by atoms with Crippen molar-refractivity contribution in [3.63, 3.8) is 0 Å². The van der Waals surface area contributed by atoms with E-state index in [1.54, 1.807) is 13.3 Å². The minimum atomic E-state index is -0.147. The maximum atomic E-state index is 12.6. The van der Waals surface area contributed by atoms with Crippen LogP contribution >= 0.6 is 0 Å². The van der Waals surface area contributed by atoms with Crippen molar-refractivity contribution in [2.24, 2.45) is 5.92 Å². The fraction of sp³-hybridized carbons (Fsp3) is 0.304. The molecule has 2 amide bonds. The lowest BCUT2D eigenvalue weighted by atomic mass is 10.0. The second-order valence-corrected chi connectivity index (χ2v) is 7.39. The van der Waals surface area contributed by atoms with E-state index in [0.29, 0.717) is 19.0 Å². The number of nitrogens with one attached hydrogen (secondary N) is 2. The molecule has 0 saturated heterocycles. The van der Waals surface area contributed by atoms with Crippen molar-refractivity contribution in [2.45, 2.75) is 32.0 Å². The quantitative estimate of drug-likeness (QED) is 0.613. The molecule has 0 radical (unpaired) electrons. The predicted molar refractivity (Wildman–Crippen MR) is 112 cm³/mol. The monoisotopic (exact) mass is 390 g/mol. The third-order valence-corrected chi connectivity index (χ3v) is 5.30. The molecule has 1 heterocycles. The van der Waals surface area contributed by atoms with E-state index in [4.69, 9.17) is 4.74 Å². The van der Waals surface area contributed by atoms with Crippen LogP contribution in [0.5, 0.6) is 5.75 Å². The van der Waals surface area contributed by atoms with Crippen LogP contribution in [0.15, 0.2) is 67.0 Å². The molecule has 1 unspecified atom stereocenters. The Labute approximate surface area is 170 Å². The summed E-state index contributed by atoms with van der Waals surface area (Å²) >= 11 is 0. The van der Waals surface area contributed by atoms with Crippen LogP contribution in [-0.4, -0.2) is 22.9 Å². The average Bonchev–Trinajstić information content (AvgIpc) is 3.47. The molecule has 4 rings (SSSR count). The summed E-state index contributed by atoms with van der Waals surface area (Å²) in [4.78, 5) is 12.6. The van der Waals surface area contributed by atoms with Gasteiger partial charge in [0, 0.05) is 18.9 Å². The first-order valence-electron chi connectivity index (χ1n) is 9.95. The normalized spacial score (nSPS) is 14.2. The summed E-state index contributed by atoms with van der Waals surface area (Å²) in [6.07, 6.45) is 5.99. The number of methoxy groups -OCH3 is 1. The third-order valence-electron chi connectivity index (χ3n) is 5.30. The second-order valence-electron chi connectivity index (χ2n) is 7.39. The first kappa shape index (κ1) is 19.1. The molecule has 1 saturated carbocycles. The Morgan fingerprint density at radius 1 is 1.14 bits per heavy atom. The summed E-state index contributed by atoms with van der Waals surface area (Å²) in [5.74, 6) is 1.32. The lowest BCUT2D eigenvalue weighted by molar-refractivity contribution is 0.235. The van der Waals surface area contributed by atoms with Crippen LogP contribution in [0.4, 0.5) is 4.79 Å². The van der Waals surface area contributed by atoms with Gasteiger partial charge in [0.15, 0.2) is 0 Å². The zero-order valence-corrected chi connectivity index (χ0v) is 16.5. The molecule has 1 aromatic heterocycles. The van der Waals surface area contributed by atoms with E-state index in [1.165, 1.54) is 0 Å². The lowest BCUT2D eigenvalue weighted by Gasteiger charge is -2.20. The number of nitrogens with zero attached hydrogens (tertiary/aromatic N) is 2. The standard InChI is InChI=1S/C23H26N4O2/c1-29-21-11-9-18(10-12-21)22(17-7-8-17)26-23(28)24-15-19-5-2-3-6-20(19)16-27-14-4-13-25-27/h2-6,9-14,17,22H,7-8,15-16H2,1H3,(H2,24,26,28). The fourth-order valence-corrected chi connectivity index (χ4v) is 3.53. The SMILES string of the molecule is COc1ccc(C(NC(=O)NCc2ccccc2Cn2cccn2)C2CC2)cc1. The molecule has 3 aromatic rings. The van der Waals surface area contributed by atoms with E-state index in [-0.39, 0.29) is 12.1 Å². The van der Waals surface area contributed by atoms with Gasteiger partial charge in [-0.05, 0) is 53.6 Å². The highest BCUT2D eigenvalue weighted by Crippen LogP contribution is 2.41. The van der Waals surface area contributed by atoms with Crippen LogP contribution in [-0.2, 0) is 13.1 Å². The van der Waals surface area contributed by atoms with Crippen LogP contribution in [0.1, 0.15) is 35.6 Å². The Morgan fingerprint density at radius 3 is 2.55 bits per heavy atom. The number of hydrogen-bond acceptors (Lipinski definition) is 3. The van der Waals surface area contributed by atoms with Crippen LogP contribution < -0.4 is 15.4 Å². The van der Waals surface area contributed by atoms with Gasteiger partial charge in [-0.2, -0.15) is 5.10 Å². The van der Waals surface area contributed by atoms with Gasteiger partial charge in [0.2, 0.25) is 0 Å². The summed E-state index contributed by atoms with van der Waals surface area (Å²) in [6, 6.07) is 17.8. The first-order valence-corrected chi connectivity index (χ1v) is 9.95. The summed E-state index contributed by atoms with van der Waals surface area (Å²) in [7, 11) is 1.66. The molecule has 1 fully saturated rings. The molecule has 2 aromatic carbocycles. The topological polar surface area (TPSA) is 68.2 Å². The van der Waals surface area contributed by atoms with Crippen molar-refractivity contribution in [2.75, 3.05) is 7.11 Å². The number of carbonyl (C=O) groups excluding carboxylic acids is 1. The van der Waals surface area contributed by atoms with Gasteiger partial charge < -0.3 is 15.4 Å². The minimum Gasteiger partial charge on any atom is -0.497 e. The molecule has 6 nitrogen and oxygen atoms in total. The maximum absolute atomic E-state index is 12.6. The molecule has 6 heteroatoms. The third kappa shape index (κ3) is 4.96. The van der Waals surface area contributed by atoms with Crippen molar-refractivity contribution in [1.82, 2.24) is 20.4 Å². The van der Waals surface area contributed by atoms with E-state index < -0.39 is 0 Å². The van der Waals surface area contributed by atoms with E-state index in [9.17, 15) is 4.79 Å². The number of amides is 2. The predicted octanol–water partition coefficient (Wildman–Crippen LogP) is 3.89. The highest BCUT2D eigenvalue weighted by molar-refractivity contribution is 5.74. The smallest absolute Gasteiger partial charge is 0.315 e. The fourth-order valence-electron chi connectivity index (χ4n) is 3.53. The molecular weight excluding hydrogens is 364 g/mol. The number of rotatable bonds is 8. The van der Waals surface area contributed by atoms with Crippen LogP contribution in [0.2, 0.25) is 0 Å². The Balaban J connectivity index is 1.38. The molecule has 0 spiro atoms. The van der Waals surface area contributed by atoms with Crippen LogP contribution in [0.3, 0.4) is 0 Å². The van der Waals surface area contributed by atoms with Gasteiger partial charge in [-0.1, -0.05) is 36.4 Å². The Hall–Kier alpha value is -3.28. The van der Waals surface area contributed by atoms with Gasteiger partial charge in [-0.15, -0.1) is 0 Å². The Morgan fingerprint density at radius 2 is 1.90 bits per heavy atom. The van der Waals surface area contributed by atoms with Gasteiger partial charge in [0.1, 0.15) is 5.75 Å². The van der Waals surface area contributed by atoms with E-state index >= 15 is 0 Å². The van der Waals surface area contributed by atoms with Gasteiger partial charge in [0.05, 0.1) is 19.7 Å². The van der Waals surface area contributed by atoms with Gasteiger partial charge >= 0.3 is 6.03 Å². The summed E-state index contributed by atoms with van der Waals surface area (Å²) in [5.41, 5.74) is 3.35. The zero-order valence-electron chi connectivity index (χ0n) is 16.5. The molecule has 0 aliphatic heterocycles. The molecule has 2 N–H and O–H groups in total. The molecule has 0 bridgehead atoms. The maximum Gasteiger partial charge on any atom is 0.315 e. The van der Waals surface area contributed by atoms with Crippen molar-refractivity contribution >= 4 is 6.03 Å². The summed E-state index contributed by atoms with van der Waals surface area (Å²) in [5, 5.41) is 10.4. The van der Waals surface area contributed by atoms with E-state index in [1.807, 2.05) is 59.4 Å². The number of aromatic nitrogens is 2. The van der Waals surface area contributed by atoms with Crippen molar-refractivity contribution in [1.29, 1.82) is 0 Å². The van der Waals surface area contributed by atoms with Gasteiger partial charge in [0.25, 0.3) is 0 Å². The van der Waals surface area contributed by atoms with E-state index in [2.05, 4.69) is 21.8 Å². The highest BCUT2D eigenvalue weighted by atomic mass is 16.5. The van der Waals surface area contributed by atoms with Crippen molar-refractivity contribution in [3.8, 4) is 5.75 Å². The molecule has 1 atom stereocenters. The summed E-state index contributed by atoms with van der Waals surface area (Å²) < 4.78 is 7.12. The molecule has 150 valence electrons. The Bertz CT molecular complexity index is 934. The largest absolute Gasteiger partial charge is 0.497 e. The zero-order chi connectivity index (χ0) is 20.1. The number of urea groups is 1. The van der Waals surface area contributed by atoms with Crippen LogP contribution in [0, 0.1) is 5.92 Å². The minimum absolute atomic E-state index is 0.0280. The van der Waals surface area contributed by atoms with Gasteiger partial charge in [-0.25, -0.2) is 4.79 Å². The van der Waals surface area contributed by atoms with Gasteiger partial charge in [-0.3, -0.25) is 4.68 Å². The lowest BCUT2D eigenvalue weighted by Crippen LogP contribution is -2.38. The number of ether oxygens (including phenoxy) is 1. The molecular formula is C23H26N4O2. The number of benzene rings is 2. The average molecular weight is 390 g/mol. The van der Waals surface area contributed by atoms with Crippen molar-refractivity contribution < 1.29 is 9.53 Å². The molecule has 29 heavy (non-hydrogen) atoms. The first-order chi connectivity index (χ1) is 14.2. The number of carbonyl (C=O) groups is 1. The summed E-state index contributed by atoms with van der Waals surface area (Å²) in [6.45, 7) is 1.16. The van der Waals surface area contributed by atoms with E-state index in [0.717, 1.165) is 35.3 Å².